The van der Waals surface area contributed by atoms with Gasteiger partial charge in [-0.25, -0.2) is 0 Å². The first-order chi connectivity index (χ1) is 10.9. The topological polar surface area (TPSA) is 55.6 Å². The molecule has 1 aromatic carbocycles. The summed E-state index contributed by atoms with van der Waals surface area (Å²) >= 11 is 0. The van der Waals surface area contributed by atoms with E-state index in [-0.39, 0.29) is 17.9 Å². The molecule has 0 amide bonds. The molecule has 0 radical (unpaired) electrons. The molecule has 3 aromatic rings. The van der Waals surface area contributed by atoms with Gasteiger partial charge in [0.2, 0.25) is 0 Å². The molecule has 0 saturated carbocycles. The smallest absolute Gasteiger partial charge is 0.468 e. The van der Waals surface area contributed by atoms with Gasteiger partial charge in [-0.15, -0.1) is 4.40 Å². The van der Waals surface area contributed by atoms with Gasteiger partial charge in [-0.05, 0) is 11.5 Å². The molecule has 1 N–H and O–H groups in total. The predicted molar refractivity (Wildman–Crippen MR) is 74.9 cm³/mol. The summed E-state index contributed by atoms with van der Waals surface area (Å²) in [4.78, 5) is 11.2. The van der Waals surface area contributed by atoms with E-state index in [0.29, 0.717) is 5.39 Å². The lowest BCUT2D eigenvalue weighted by Crippen LogP contribution is -2.29. The lowest BCUT2D eigenvalue weighted by Gasteiger charge is -2.00. The van der Waals surface area contributed by atoms with E-state index in [1.165, 1.54) is 13.3 Å². The average molecular weight is 325 g/mol. The Hall–Kier alpha value is -2.77. The van der Waals surface area contributed by atoms with Gasteiger partial charge in [0.1, 0.15) is 6.54 Å². The van der Waals surface area contributed by atoms with Crippen molar-refractivity contribution in [2.45, 2.75) is 6.18 Å². The number of methoxy groups -OCH3 is 1. The Kier molecular flexibility index (Phi) is 3.59. The maximum absolute atomic E-state index is 13.2. The molecule has 3 rings (SSSR count). The third-order valence-electron chi connectivity index (χ3n) is 3.36. The van der Waals surface area contributed by atoms with E-state index in [1.807, 2.05) is 0 Å². The molecular weight excluding hydrogens is 313 g/mol. The van der Waals surface area contributed by atoms with E-state index in [9.17, 15) is 18.0 Å². The molecule has 2 heterocycles. The average Bonchev–Trinajstić information content (AvgIpc) is 2.92. The lowest BCUT2D eigenvalue weighted by atomic mass is 10.1. The molecule has 5 nitrogen and oxygen atoms in total. The number of oxazole rings is 1. The molecule has 0 aliphatic carbocycles. The lowest BCUT2D eigenvalue weighted by molar-refractivity contribution is -0.550. The van der Waals surface area contributed by atoms with Crippen molar-refractivity contribution in [3.05, 3.63) is 42.4 Å². The standard InChI is InChI=1S/C15H12F3N2O3/c1-22-11(21)8-19-13-12-10-5-3-2-4-9(10)6-7-20(12)14(23-13)15(16,17)18/h2-7,19H,8H2,1H3/q+1. The highest BCUT2D eigenvalue weighted by atomic mass is 19.4. The number of rotatable bonds is 3. The highest BCUT2D eigenvalue weighted by Crippen LogP contribution is 2.33. The van der Waals surface area contributed by atoms with E-state index >= 15 is 0 Å². The molecule has 120 valence electrons. The van der Waals surface area contributed by atoms with Gasteiger partial charge in [0.15, 0.2) is 6.20 Å². The Balaban J connectivity index is 2.24. The molecule has 0 spiro atoms. The molecule has 0 saturated heterocycles. The molecule has 0 unspecified atom stereocenters. The third kappa shape index (κ3) is 2.67. The second-order valence-corrected chi connectivity index (χ2v) is 4.79. The summed E-state index contributed by atoms with van der Waals surface area (Å²) in [7, 11) is 1.19. The summed E-state index contributed by atoms with van der Waals surface area (Å²) in [5, 5.41) is 3.88. The zero-order chi connectivity index (χ0) is 16.6. The SMILES string of the molecule is COC(=O)CNc1oc(C(F)(F)F)[n+]2ccc3ccccc3c12. The van der Waals surface area contributed by atoms with Gasteiger partial charge < -0.3 is 14.5 Å². The maximum Gasteiger partial charge on any atom is 0.518 e. The molecule has 0 aliphatic heterocycles. The molecule has 2 aromatic heterocycles. The quantitative estimate of drug-likeness (QED) is 0.594. The number of esters is 1. The minimum atomic E-state index is -4.67. The van der Waals surface area contributed by atoms with Crippen LogP contribution in [0.15, 0.2) is 40.9 Å². The van der Waals surface area contributed by atoms with Gasteiger partial charge in [-0.3, -0.25) is 4.79 Å². The van der Waals surface area contributed by atoms with Crippen LogP contribution in [-0.4, -0.2) is 19.6 Å². The van der Waals surface area contributed by atoms with Crippen molar-refractivity contribution in [3.8, 4) is 0 Å². The molecule has 0 bridgehead atoms. The number of carbonyl (C=O) groups excluding carboxylic acids is 1. The predicted octanol–water partition coefficient (Wildman–Crippen LogP) is 2.78. The number of aromatic nitrogens is 1. The monoisotopic (exact) mass is 325 g/mol. The van der Waals surface area contributed by atoms with Crippen LogP contribution in [0.1, 0.15) is 5.89 Å². The molecule has 0 atom stereocenters. The van der Waals surface area contributed by atoms with Crippen molar-refractivity contribution in [1.29, 1.82) is 0 Å². The number of benzene rings is 1. The number of alkyl halides is 3. The Morgan fingerprint density at radius 1 is 1.30 bits per heavy atom. The first-order valence-electron chi connectivity index (χ1n) is 6.65. The van der Waals surface area contributed by atoms with Crippen LogP contribution in [0.25, 0.3) is 16.3 Å². The van der Waals surface area contributed by atoms with Gasteiger partial charge in [-0.2, -0.15) is 13.2 Å². The number of hydrogen-bond donors (Lipinski definition) is 1. The van der Waals surface area contributed by atoms with E-state index in [1.54, 1.807) is 30.3 Å². The first-order valence-corrected chi connectivity index (χ1v) is 6.65. The maximum atomic E-state index is 13.2. The van der Waals surface area contributed by atoms with Gasteiger partial charge in [-0.1, -0.05) is 18.2 Å². The fourth-order valence-corrected chi connectivity index (χ4v) is 2.35. The number of anilines is 1. The number of hydrogen-bond acceptors (Lipinski definition) is 4. The summed E-state index contributed by atoms with van der Waals surface area (Å²) in [5.74, 6) is -1.93. The molecule has 0 aliphatic rings. The Morgan fingerprint density at radius 3 is 2.74 bits per heavy atom. The Labute approximate surface area is 128 Å². The van der Waals surface area contributed by atoms with Crippen molar-refractivity contribution in [3.63, 3.8) is 0 Å². The largest absolute Gasteiger partial charge is 0.518 e. The van der Waals surface area contributed by atoms with Crippen LogP contribution in [0.2, 0.25) is 0 Å². The minimum Gasteiger partial charge on any atom is -0.468 e. The van der Waals surface area contributed by atoms with Crippen molar-refractivity contribution in [1.82, 2.24) is 0 Å². The molecular formula is C15H12F3N2O3+. The van der Waals surface area contributed by atoms with E-state index < -0.39 is 18.0 Å². The normalized spacial score (nSPS) is 11.8. The van der Waals surface area contributed by atoms with Gasteiger partial charge in [0.05, 0.1) is 12.5 Å². The summed E-state index contributed by atoms with van der Waals surface area (Å²) in [6.45, 7) is -0.305. The summed E-state index contributed by atoms with van der Waals surface area (Å²) < 4.78 is 49.8. The molecule has 23 heavy (non-hydrogen) atoms. The van der Waals surface area contributed by atoms with Crippen LogP contribution in [0.3, 0.4) is 0 Å². The second-order valence-electron chi connectivity index (χ2n) is 4.79. The number of fused-ring (bicyclic) bond motifs is 3. The fraction of sp³-hybridized carbons (Fsp3) is 0.200. The number of nitrogens with zero attached hydrogens (tertiary/aromatic N) is 1. The van der Waals surface area contributed by atoms with Crippen molar-refractivity contribution in [2.75, 3.05) is 19.0 Å². The van der Waals surface area contributed by atoms with Crippen LogP contribution in [0.5, 0.6) is 0 Å². The van der Waals surface area contributed by atoms with Crippen LogP contribution in [0, 0.1) is 0 Å². The minimum absolute atomic E-state index is 0.139. The van der Waals surface area contributed by atoms with Crippen LogP contribution >= 0.6 is 0 Å². The molecule has 0 fully saturated rings. The fourth-order valence-electron chi connectivity index (χ4n) is 2.35. The van der Waals surface area contributed by atoms with Crippen molar-refractivity contribution < 1.29 is 31.5 Å². The van der Waals surface area contributed by atoms with Gasteiger partial charge in [0, 0.05) is 6.07 Å². The van der Waals surface area contributed by atoms with Gasteiger partial charge >= 0.3 is 18.0 Å². The summed E-state index contributed by atoms with van der Waals surface area (Å²) in [6.07, 6.45) is -3.39. The molecule has 8 heteroatoms. The highest BCUT2D eigenvalue weighted by molar-refractivity contribution is 5.98. The second kappa shape index (κ2) is 5.45. The number of carbonyl (C=O) groups is 1. The first kappa shape index (κ1) is 15.1. The highest BCUT2D eigenvalue weighted by Gasteiger charge is 2.47. The summed E-state index contributed by atoms with van der Waals surface area (Å²) in [6, 6.07) is 8.53. The van der Waals surface area contributed by atoms with Crippen LogP contribution in [-0.2, 0) is 15.7 Å². The zero-order valence-electron chi connectivity index (χ0n) is 12.0. The number of ether oxygens (including phenoxy) is 1. The van der Waals surface area contributed by atoms with Gasteiger partial charge in [0.25, 0.3) is 11.4 Å². The van der Waals surface area contributed by atoms with Crippen molar-refractivity contribution >= 4 is 28.1 Å². The van der Waals surface area contributed by atoms with E-state index in [4.69, 9.17) is 4.42 Å². The Bertz CT molecular complexity index is 887. The third-order valence-corrected chi connectivity index (χ3v) is 3.36. The van der Waals surface area contributed by atoms with Crippen LogP contribution < -0.4 is 9.72 Å². The van der Waals surface area contributed by atoms with Crippen LogP contribution in [0.4, 0.5) is 19.1 Å². The Morgan fingerprint density at radius 2 is 2.04 bits per heavy atom. The number of pyridine rings is 1. The zero-order valence-corrected chi connectivity index (χ0v) is 12.0. The number of halogens is 3. The van der Waals surface area contributed by atoms with E-state index in [0.717, 1.165) is 9.79 Å². The number of nitrogens with one attached hydrogen (secondary N) is 1. The summed E-state index contributed by atoms with van der Waals surface area (Å²) in [5.41, 5.74) is 0.208. The van der Waals surface area contributed by atoms with Crippen molar-refractivity contribution in [2.24, 2.45) is 0 Å². The van der Waals surface area contributed by atoms with E-state index in [2.05, 4.69) is 10.1 Å².